The van der Waals surface area contributed by atoms with E-state index in [1.165, 1.54) is 0 Å². The number of rotatable bonds is 5. The number of phenols is 2. The largest absolute Gasteiger partial charge is 0.507 e. The molecule has 0 aliphatic rings. The SMILES string of the molecule is Cc1cccc(C=NCCN=Cc2cccc(Br)c2O)c1O. The Kier molecular flexibility index (Phi) is 5.72. The molecule has 0 heterocycles. The standard InChI is InChI=1S/C17H17BrN2O2/c1-12-4-2-5-13(16(12)21)10-19-8-9-20-11-14-6-3-7-15(18)17(14)22/h2-7,10-11,21-22H,8-9H2,1H3. The monoisotopic (exact) mass is 360 g/mol. The van der Waals surface area contributed by atoms with E-state index in [9.17, 15) is 10.2 Å². The van der Waals surface area contributed by atoms with Gasteiger partial charge in [0.25, 0.3) is 0 Å². The highest BCUT2D eigenvalue weighted by molar-refractivity contribution is 9.10. The van der Waals surface area contributed by atoms with Crippen LogP contribution in [0.4, 0.5) is 0 Å². The first-order chi connectivity index (χ1) is 10.6. The van der Waals surface area contributed by atoms with Crippen LogP contribution in [-0.4, -0.2) is 35.7 Å². The minimum absolute atomic E-state index is 0.180. The van der Waals surface area contributed by atoms with Gasteiger partial charge in [-0.05, 0) is 46.6 Å². The van der Waals surface area contributed by atoms with Crippen molar-refractivity contribution in [2.24, 2.45) is 9.98 Å². The van der Waals surface area contributed by atoms with Gasteiger partial charge in [-0.15, -0.1) is 0 Å². The number of aromatic hydroxyl groups is 2. The van der Waals surface area contributed by atoms with Crippen LogP contribution >= 0.6 is 15.9 Å². The summed E-state index contributed by atoms with van der Waals surface area (Å²) in [5, 5.41) is 19.7. The quantitative estimate of drug-likeness (QED) is 0.630. The van der Waals surface area contributed by atoms with Crippen LogP contribution in [0.2, 0.25) is 0 Å². The van der Waals surface area contributed by atoms with Crippen LogP contribution in [0, 0.1) is 6.92 Å². The molecule has 0 saturated heterocycles. The van der Waals surface area contributed by atoms with Gasteiger partial charge in [0.1, 0.15) is 11.5 Å². The molecule has 0 bridgehead atoms. The van der Waals surface area contributed by atoms with Crippen molar-refractivity contribution in [2.45, 2.75) is 6.92 Å². The van der Waals surface area contributed by atoms with E-state index in [-0.39, 0.29) is 11.5 Å². The number of aryl methyl sites for hydroxylation is 1. The lowest BCUT2D eigenvalue weighted by molar-refractivity contribution is 0.470. The Morgan fingerprint density at radius 2 is 1.45 bits per heavy atom. The Morgan fingerprint density at radius 3 is 2.09 bits per heavy atom. The lowest BCUT2D eigenvalue weighted by Gasteiger charge is -2.01. The molecule has 0 spiro atoms. The van der Waals surface area contributed by atoms with Crippen LogP contribution in [0.25, 0.3) is 0 Å². The topological polar surface area (TPSA) is 65.2 Å². The summed E-state index contributed by atoms with van der Waals surface area (Å²) in [5.74, 6) is 0.438. The summed E-state index contributed by atoms with van der Waals surface area (Å²) >= 11 is 3.26. The molecular formula is C17H17BrN2O2. The third kappa shape index (κ3) is 4.18. The summed E-state index contributed by atoms with van der Waals surface area (Å²) in [5.41, 5.74) is 2.19. The average Bonchev–Trinajstić information content (AvgIpc) is 2.51. The summed E-state index contributed by atoms with van der Waals surface area (Å²) in [4.78, 5) is 8.48. The van der Waals surface area contributed by atoms with Gasteiger partial charge < -0.3 is 10.2 Å². The smallest absolute Gasteiger partial charge is 0.138 e. The molecule has 2 rings (SSSR count). The van der Waals surface area contributed by atoms with Gasteiger partial charge in [0.05, 0.1) is 17.6 Å². The molecule has 0 atom stereocenters. The van der Waals surface area contributed by atoms with E-state index in [1.807, 2.05) is 31.2 Å². The van der Waals surface area contributed by atoms with Crippen LogP contribution in [-0.2, 0) is 0 Å². The summed E-state index contributed by atoms with van der Waals surface area (Å²) in [6, 6.07) is 10.9. The van der Waals surface area contributed by atoms with Crippen molar-refractivity contribution in [3.8, 4) is 11.5 Å². The summed E-state index contributed by atoms with van der Waals surface area (Å²) in [6.07, 6.45) is 3.27. The molecule has 0 aliphatic heterocycles. The van der Waals surface area contributed by atoms with Gasteiger partial charge in [-0.2, -0.15) is 0 Å². The maximum absolute atomic E-state index is 9.85. The Hall–Kier alpha value is -2.14. The molecule has 4 nitrogen and oxygen atoms in total. The zero-order chi connectivity index (χ0) is 15.9. The van der Waals surface area contributed by atoms with Gasteiger partial charge in [0.2, 0.25) is 0 Å². The molecule has 114 valence electrons. The number of hydrogen-bond donors (Lipinski definition) is 2. The normalized spacial score (nSPS) is 11.5. The molecule has 2 N–H and O–H groups in total. The lowest BCUT2D eigenvalue weighted by Crippen LogP contribution is -1.92. The highest BCUT2D eigenvalue weighted by Crippen LogP contribution is 2.26. The van der Waals surface area contributed by atoms with Gasteiger partial charge in [-0.1, -0.05) is 18.2 Å². The van der Waals surface area contributed by atoms with Crippen molar-refractivity contribution < 1.29 is 10.2 Å². The van der Waals surface area contributed by atoms with Crippen molar-refractivity contribution in [1.29, 1.82) is 0 Å². The molecule has 0 aliphatic carbocycles. The van der Waals surface area contributed by atoms with E-state index in [0.717, 1.165) is 5.56 Å². The third-order valence-corrected chi connectivity index (χ3v) is 3.75. The zero-order valence-corrected chi connectivity index (χ0v) is 13.8. The molecule has 5 heteroatoms. The van der Waals surface area contributed by atoms with Crippen molar-refractivity contribution in [3.05, 3.63) is 57.6 Å². The number of benzene rings is 2. The van der Waals surface area contributed by atoms with Gasteiger partial charge >= 0.3 is 0 Å². The van der Waals surface area contributed by atoms with Gasteiger partial charge in [-0.25, -0.2) is 0 Å². The Balaban J connectivity index is 1.89. The molecule has 0 aromatic heterocycles. The number of phenolic OH excluding ortho intramolecular Hbond substituents is 2. The van der Waals surface area contributed by atoms with Crippen molar-refractivity contribution >= 4 is 28.4 Å². The first-order valence-corrected chi connectivity index (χ1v) is 7.64. The van der Waals surface area contributed by atoms with Crippen molar-refractivity contribution in [2.75, 3.05) is 13.1 Å². The molecule has 0 fully saturated rings. The molecule has 2 aromatic rings. The highest BCUT2D eigenvalue weighted by Gasteiger charge is 2.01. The summed E-state index contributed by atoms with van der Waals surface area (Å²) in [6.45, 7) is 2.87. The second-order valence-electron chi connectivity index (χ2n) is 4.76. The first kappa shape index (κ1) is 16.2. The van der Waals surface area contributed by atoms with Crippen LogP contribution in [0.5, 0.6) is 11.5 Å². The number of halogens is 1. The summed E-state index contributed by atoms with van der Waals surface area (Å²) < 4.78 is 0.643. The summed E-state index contributed by atoms with van der Waals surface area (Å²) in [7, 11) is 0. The molecule has 0 saturated carbocycles. The fourth-order valence-electron chi connectivity index (χ4n) is 1.86. The fraction of sp³-hybridized carbons (Fsp3) is 0.176. The number of hydrogen-bond acceptors (Lipinski definition) is 4. The van der Waals surface area contributed by atoms with Crippen molar-refractivity contribution in [1.82, 2.24) is 0 Å². The van der Waals surface area contributed by atoms with Gasteiger partial charge in [0, 0.05) is 23.6 Å². The first-order valence-electron chi connectivity index (χ1n) is 6.85. The second-order valence-corrected chi connectivity index (χ2v) is 5.62. The van der Waals surface area contributed by atoms with Crippen LogP contribution in [0.15, 0.2) is 50.9 Å². The maximum atomic E-state index is 9.85. The number of aliphatic imine (C=N–C) groups is 2. The van der Waals surface area contributed by atoms with Crippen molar-refractivity contribution in [3.63, 3.8) is 0 Å². The van der Waals surface area contributed by atoms with E-state index in [1.54, 1.807) is 24.6 Å². The predicted molar refractivity (Wildman–Crippen MR) is 93.6 cm³/mol. The number of nitrogens with zero attached hydrogens (tertiary/aromatic N) is 2. The number of para-hydroxylation sites is 2. The fourth-order valence-corrected chi connectivity index (χ4v) is 2.24. The second kappa shape index (κ2) is 7.75. The van der Waals surface area contributed by atoms with E-state index in [0.29, 0.717) is 28.7 Å². The molecule has 0 amide bonds. The van der Waals surface area contributed by atoms with Crippen LogP contribution in [0.1, 0.15) is 16.7 Å². The Bertz CT molecular complexity index is 650. The minimum Gasteiger partial charge on any atom is -0.507 e. The van der Waals surface area contributed by atoms with E-state index in [4.69, 9.17) is 0 Å². The molecular weight excluding hydrogens is 344 g/mol. The average molecular weight is 361 g/mol. The Labute approximate surface area is 138 Å². The third-order valence-electron chi connectivity index (χ3n) is 3.11. The maximum Gasteiger partial charge on any atom is 0.138 e. The van der Waals surface area contributed by atoms with E-state index >= 15 is 0 Å². The lowest BCUT2D eigenvalue weighted by atomic mass is 10.1. The van der Waals surface area contributed by atoms with Gasteiger partial charge in [0.15, 0.2) is 0 Å². The molecule has 0 radical (unpaired) electrons. The highest BCUT2D eigenvalue weighted by atomic mass is 79.9. The van der Waals surface area contributed by atoms with E-state index < -0.39 is 0 Å². The molecule has 2 aromatic carbocycles. The minimum atomic E-state index is 0.180. The molecule has 22 heavy (non-hydrogen) atoms. The van der Waals surface area contributed by atoms with Crippen LogP contribution in [0.3, 0.4) is 0 Å². The predicted octanol–water partition coefficient (Wildman–Crippen LogP) is 3.71. The Morgan fingerprint density at radius 1 is 0.909 bits per heavy atom. The van der Waals surface area contributed by atoms with Crippen LogP contribution < -0.4 is 0 Å². The zero-order valence-electron chi connectivity index (χ0n) is 12.2. The van der Waals surface area contributed by atoms with E-state index in [2.05, 4.69) is 25.9 Å². The van der Waals surface area contributed by atoms with Gasteiger partial charge in [-0.3, -0.25) is 9.98 Å². The molecule has 0 unspecified atom stereocenters.